The van der Waals surface area contributed by atoms with Gasteiger partial charge in [0.15, 0.2) is 0 Å². The Hall–Kier alpha value is -0.130. The molecule has 54 valence electrons. The number of nitrogens with one attached hydrogen (secondary N) is 1. The van der Waals surface area contributed by atoms with Gasteiger partial charge < -0.3 is 0 Å². The first-order valence-electron chi connectivity index (χ1n) is 2.76. The summed E-state index contributed by atoms with van der Waals surface area (Å²) in [6.45, 7) is 2.39. The molecule has 4 nitrogen and oxygen atoms in total. The van der Waals surface area contributed by atoms with Crippen LogP contribution in [-0.2, 0) is 10.2 Å². The third kappa shape index (κ3) is 1.08. The van der Waals surface area contributed by atoms with Crippen molar-refractivity contribution >= 4 is 10.2 Å². The van der Waals surface area contributed by atoms with Crippen molar-refractivity contribution in [1.29, 1.82) is 0 Å². The van der Waals surface area contributed by atoms with E-state index in [1.807, 2.05) is 6.92 Å². The zero-order chi connectivity index (χ0) is 7.07. The maximum atomic E-state index is 10.8. The predicted molar refractivity (Wildman–Crippen MR) is 34.1 cm³/mol. The molecule has 1 N–H and O–H groups in total. The molecule has 0 aromatic carbocycles. The van der Waals surface area contributed by atoms with Gasteiger partial charge in [0.2, 0.25) is 0 Å². The summed E-state index contributed by atoms with van der Waals surface area (Å²) < 4.78 is 25.3. The summed E-state index contributed by atoms with van der Waals surface area (Å²) in [6, 6.07) is 0.0926. The van der Waals surface area contributed by atoms with Crippen molar-refractivity contribution in [1.82, 2.24) is 9.03 Å². The van der Waals surface area contributed by atoms with Crippen molar-refractivity contribution in [3.63, 3.8) is 0 Å². The first-order chi connectivity index (χ1) is 4.04. The second kappa shape index (κ2) is 1.93. The van der Waals surface area contributed by atoms with Crippen molar-refractivity contribution in [2.75, 3.05) is 13.6 Å². The largest absolute Gasteiger partial charge is 0.279 e. The summed E-state index contributed by atoms with van der Waals surface area (Å²) in [5.74, 6) is 0. The van der Waals surface area contributed by atoms with Gasteiger partial charge in [0.25, 0.3) is 10.2 Å². The molecular weight excluding hydrogens is 140 g/mol. The van der Waals surface area contributed by atoms with Gasteiger partial charge in [-0.15, -0.1) is 0 Å². The molecule has 1 rings (SSSR count). The number of nitrogens with zero attached hydrogens (tertiary/aromatic N) is 1. The van der Waals surface area contributed by atoms with Crippen molar-refractivity contribution in [3.8, 4) is 0 Å². The van der Waals surface area contributed by atoms with E-state index in [1.165, 1.54) is 4.31 Å². The number of hydrogen-bond acceptors (Lipinski definition) is 2. The summed E-state index contributed by atoms with van der Waals surface area (Å²) in [7, 11) is -1.52. The monoisotopic (exact) mass is 150 g/mol. The molecule has 1 aliphatic rings. The molecule has 1 atom stereocenters. The molecular formula is C4H10N2O2S. The van der Waals surface area contributed by atoms with Crippen LogP contribution in [0.1, 0.15) is 6.92 Å². The Labute approximate surface area is 55.0 Å². The highest BCUT2D eigenvalue weighted by Crippen LogP contribution is 2.07. The minimum absolute atomic E-state index is 0.0926. The van der Waals surface area contributed by atoms with E-state index in [1.54, 1.807) is 7.05 Å². The third-order valence-corrected chi connectivity index (χ3v) is 3.21. The topological polar surface area (TPSA) is 49.4 Å². The average Bonchev–Trinajstić information content (AvgIpc) is 1.97. The van der Waals surface area contributed by atoms with Crippen LogP contribution in [0.5, 0.6) is 0 Å². The molecule has 0 saturated carbocycles. The van der Waals surface area contributed by atoms with Crippen molar-refractivity contribution < 1.29 is 8.42 Å². The molecule has 1 unspecified atom stereocenters. The Morgan fingerprint density at radius 3 is 2.33 bits per heavy atom. The Bertz CT molecular complexity index is 199. The van der Waals surface area contributed by atoms with Gasteiger partial charge in [-0.05, 0) is 6.92 Å². The van der Waals surface area contributed by atoms with E-state index in [2.05, 4.69) is 4.72 Å². The molecule has 0 aromatic heterocycles. The lowest BCUT2D eigenvalue weighted by molar-refractivity contribution is 0.434. The highest BCUT2D eigenvalue weighted by molar-refractivity contribution is 7.87. The van der Waals surface area contributed by atoms with Crippen LogP contribution in [0.2, 0.25) is 0 Å². The number of hydrogen-bond donors (Lipinski definition) is 1. The molecule has 1 fully saturated rings. The first kappa shape index (κ1) is 6.98. The normalized spacial score (nSPS) is 35.1. The fraction of sp³-hybridized carbons (Fsp3) is 1.00. The van der Waals surface area contributed by atoms with Crippen LogP contribution in [0.4, 0.5) is 0 Å². The second-order valence-electron chi connectivity index (χ2n) is 2.22. The third-order valence-electron chi connectivity index (χ3n) is 1.56. The van der Waals surface area contributed by atoms with Gasteiger partial charge in [-0.25, -0.2) is 4.72 Å². The van der Waals surface area contributed by atoms with Crippen LogP contribution in [-0.4, -0.2) is 32.4 Å². The quantitative estimate of drug-likeness (QED) is 0.489. The van der Waals surface area contributed by atoms with Gasteiger partial charge in [0.05, 0.1) is 0 Å². The smallest absolute Gasteiger partial charge is 0.201 e. The highest BCUT2D eigenvalue weighted by atomic mass is 32.2. The van der Waals surface area contributed by atoms with E-state index in [0.717, 1.165) is 0 Å². The maximum Gasteiger partial charge on any atom is 0.279 e. The standard InChI is InChI=1S/C4H10N2O2S/c1-4-3-5-9(7,8)6(4)2/h4-5H,3H2,1-2H3. The van der Waals surface area contributed by atoms with Crippen molar-refractivity contribution in [2.24, 2.45) is 0 Å². The van der Waals surface area contributed by atoms with Gasteiger partial charge in [-0.3, -0.25) is 0 Å². The fourth-order valence-electron chi connectivity index (χ4n) is 0.693. The van der Waals surface area contributed by atoms with Gasteiger partial charge in [-0.1, -0.05) is 0 Å². The molecule has 0 radical (unpaired) electrons. The SMILES string of the molecule is CC1CNS(=O)(=O)N1C. The molecule has 1 saturated heterocycles. The molecule has 0 bridgehead atoms. The molecule has 9 heavy (non-hydrogen) atoms. The highest BCUT2D eigenvalue weighted by Gasteiger charge is 2.29. The van der Waals surface area contributed by atoms with E-state index in [4.69, 9.17) is 0 Å². The van der Waals surface area contributed by atoms with Gasteiger partial charge in [0.1, 0.15) is 0 Å². The zero-order valence-corrected chi connectivity index (χ0v) is 6.27. The van der Waals surface area contributed by atoms with Crippen LogP contribution >= 0.6 is 0 Å². The molecule has 0 aliphatic carbocycles. The maximum absolute atomic E-state index is 10.8. The zero-order valence-electron chi connectivity index (χ0n) is 5.46. The van der Waals surface area contributed by atoms with Gasteiger partial charge in [-0.2, -0.15) is 12.7 Å². The minimum Gasteiger partial charge on any atom is -0.201 e. The second-order valence-corrected chi connectivity index (χ2v) is 4.03. The molecule has 1 heterocycles. The fourth-order valence-corrected chi connectivity index (χ4v) is 1.90. The molecule has 0 aromatic rings. The van der Waals surface area contributed by atoms with E-state index >= 15 is 0 Å². The van der Waals surface area contributed by atoms with E-state index in [9.17, 15) is 8.42 Å². The van der Waals surface area contributed by atoms with Crippen LogP contribution in [0.15, 0.2) is 0 Å². The van der Waals surface area contributed by atoms with Gasteiger partial charge in [0, 0.05) is 19.6 Å². The minimum atomic E-state index is -3.09. The average molecular weight is 150 g/mol. The van der Waals surface area contributed by atoms with Crippen LogP contribution in [0.25, 0.3) is 0 Å². The van der Waals surface area contributed by atoms with E-state index in [0.29, 0.717) is 6.54 Å². The Balaban J connectivity index is 2.87. The molecule has 5 heteroatoms. The Morgan fingerprint density at radius 2 is 2.22 bits per heavy atom. The summed E-state index contributed by atoms with van der Waals surface area (Å²) in [4.78, 5) is 0. The number of likely N-dealkylation sites (N-methyl/N-ethyl adjacent to an activating group) is 1. The Kier molecular flexibility index (Phi) is 1.50. The van der Waals surface area contributed by atoms with Crippen LogP contribution in [0.3, 0.4) is 0 Å². The lowest BCUT2D eigenvalue weighted by atomic mass is 10.4. The molecule has 0 amide bonds. The lowest BCUT2D eigenvalue weighted by Crippen LogP contribution is -2.28. The summed E-state index contributed by atoms with van der Waals surface area (Å²) in [5.41, 5.74) is 0. The van der Waals surface area contributed by atoms with Crippen LogP contribution in [0, 0.1) is 0 Å². The van der Waals surface area contributed by atoms with E-state index in [-0.39, 0.29) is 6.04 Å². The number of rotatable bonds is 0. The molecule has 1 aliphatic heterocycles. The summed E-state index contributed by atoms with van der Waals surface area (Å²) in [6.07, 6.45) is 0. The summed E-state index contributed by atoms with van der Waals surface area (Å²) in [5, 5.41) is 0. The van der Waals surface area contributed by atoms with E-state index < -0.39 is 10.2 Å². The first-order valence-corrected chi connectivity index (χ1v) is 4.20. The van der Waals surface area contributed by atoms with Crippen molar-refractivity contribution in [3.05, 3.63) is 0 Å². The lowest BCUT2D eigenvalue weighted by Gasteiger charge is -2.09. The Morgan fingerprint density at radius 1 is 1.67 bits per heavy atom. The van der Waals surface area contributed by atoms with Crippen LogP contribution < -0.4 is 4.72 Å². The van der Waals surface area contributed by atoms with Crippen molar-refractivity contribution in [2.45, 2.75) is 13.0 Å². The predicted octanol–water partition coefficient (Wildman–Crippen LogP) is -0.845. The van der Waals surface area contributed by atoms with Gasteiger partial charge >= 0.3 is 0 Å². The molecule has 0 spiro atoms. The summed E-state index contributed by atoms with van der Waals surface area (Å²) >= 11 is 0.